The minimum Gasteiger partial charge on any atom is -0.385 e. The average Bonchev–Trinajstić information content (AvgIpc) is 2.77. The molecule has 7 heteroatoms. The minimum atomic E-state index is -3.63. The van der Waals surface area contributed by atoms with E-state index in [1.165, 1.54) is 0 Å². The van der Waals surface area contributed by atoms with Crippen LogP contribution in [0.15, 0.2) is 29.2 Å². The molecule has 0 aliphatic carbocycles. The average molecular weight is 322 g/mol. The van der Waals surface area contributed by atoms with Crippen LogP contribution in [0.5, 0.6) is 0 Å². The van der Waals surface area contributed by atoms with E-state index >= 15 is 0 Å². The van der Waals surface area contributed by atoms with E-state index in [9.17, 15) is 8.42 Å². The van der Waals surface area contributed by atoms with Crippen molar-refractivity contribution in [3.63, 3.8) is 0 Å². The summed E-state index contributed by atoms with van der Waals surface area (Å²) in [6.45, 7) is 8.49. The highest BCUT2D eigenvalue weighted by Gasteiger charge is 2.22. The van der Waals surface area contributed by atoms with Gasteiger partial charge in [0.15, 0.2) is 0 Å². The Labute approximate surface area is 131 Å². The fraction of sp³-hybridized carbons (Fsp3) is 0.400. The summed E-state index contributed by atoms with van der Waals surface area (Å²) in [5.74, 6) is 0.547. The van der Waals surface area contributed by atoms with Crippen LogP contribution in [0.2, 0.25) is 0 Å². The molecule has 120 valence electrons. The van der Waals surface area contributed by atoms with Crippen molar-refractivity contribution in [2.75, 3.05) is 16.6 Å². The van der Waals surface area contributed by atoms with Crippen LogP contribution in [0, 0.1) is 19.8 Å². The topological polar surface area (TPSA) is 86.9 Å². The largest absolute Gasteiger partial charge is 0.385 e. The van der Waals surface area contributed by atoms with E-state index in [1.54, 1.807) is 26.0 Å². The lowest BCUT2D eigenvalue weighted by atomic mass is 10.2. The van der Waals surface area contributed by atoms with Crippen molar-refractivity contribution in [2.45, 2.75) is 32.6 Å². The normalized spacial score (nSPS) is 11.7. The summed E-state index contributed by atoms with van der Waals surface area (Å²) in [5.41, 5.74) is 2.47. The third-order valence-corrected chi connectivity index (χ3v) is 4.82. The van der Waals surface area contributed by atoms with Gasteiger partial charge in [-0.25, -0.2) is 8.42 Å². The Morgan fingerprint density at radius 1 is 1.14 bits per heavy atom. The molecule has 0 unspecified atom stereocenters. The van der Waals surface area contributed by atoms with Crippen LogP contribution in [0.4, 0.5) is 11.4 Å². The number of aromatic nitrogens is 2. The number of hydrogen-bond donors (Lipinski definition) is 3. The second-order valence-electron chi connectivity index (χ2n) is 5.72. The molecule has 1 aromatic heterocycles. The zero-order valence-corrected chi connectivity index (χ0v) is 14.1. The summed E-state index contributed by atoms with van der Waals surface area (Å²) < 4.78 is 27.4. The molecule has 22 heavy (non-hydrogen) atoms. The number of rotatable bonds is 6. The third kappa shape index (κ3) is 3.79. The summed E-state index contributed by atoms with van der Waals surface area (Å²) in [7, 11) is -3.63. The molecule has 6 nitrogen and oxygen atoms in total. The monoisotopic (exact) mass is 322 g/mol. The van der Waals surface area contributed by atoms with Gasteiger partial charge in [-0.05, 0) is 44.0 Å². The van der Waals surface area contributed by atoms with Gasteiger partial charge in [0, 0.05) is 17.9 Å². The van der Waals surface area contributed by atoms with Gasteiger partial charge < -0.3 is 5.32 Å². The molecular weight excluding hydrogens is 300 g/mol. The molecule has 0 amide bonds. The number of sulfonamides is 1. The van der Waals surface area contributed by atoms with Gasteiger partial charge in [-0.3, -0.25) is 9.82 Å². The van der Waals surface area contributed by atoms with Gasteiger partial charge in [0.05, 0.1) is 11.4 Å². The number of benzene rings is 1. The standard InChI is InChI=1S/C15H22N4O2S/c1-10(2)9-16-13-5-7-14(8-6-13)19-22(20,21)15-11(3)17-18-12(15)4/h5-8,10,16,19H,9H2,1-4H3,(H,17,18). The van der Waals surface area contributed by atoms with Crippen LogP contribution in [0.3, 0.4) is 0 Å². The van der Waals surface area contributed by atoms with Gasteiger partial charge in [0.2, 0.25) is 0 Å². The molecule has 1 heterocycles. The van der Waals surface area contributed by atoms with E-state index in [0.717, 1.165) is 12.2 Å². The highest BCUT2D eigenvalue weighted by molar-refractivity contribution is 7.92. The van der Waals surface area contributed by atoms with E-state index < -0.39 is 10.0 Å². The number of nitrogens with zero attached hydrogens (tertiary/aromatic N) is 1. The van der Waals surface area contributed by atoms with Crippen molar-refractivity contribution in [3.8, 4) is 0 Å². The van der Waals surface area contributed by atoms with Crippen LogP contribution in [-0.4, -0.2) is 25.2 Å². The number of hydrogen-bond acceptors (Lipinski definition) is 4. The summed E-state index contributed by atoms with van der Waals surface area (Å²) in [6, 6.07) is 7.19. The van der Waals surface area contributed by atoms with Gasteiger partial charge in [0.1, 0.15) is 4.90 Å². The zero-order chi connectivity index (χ0) is 16.3. The molecule has 0 fully saturated rings. The van der Waals surface area contributed by atoms with Crippen molar-refractivity contribution >= 4 is 21.4 Å². The zero-order valence-electron chi connectivity index (χ0n) is 13.3. The highest BCUT2D eigenvalue weighted by Crippen LogP contribution is 2.22. The molecule has 0 radical (unpaired) electrons. The predicted molar refractivity (Wildman–Crippen MR) is 88.6 cm³/mol. The molecule has 0 aliphatic heterocycles. The second-order valence-corrected chi connectivity index (χ2v) is 7.34. The summed E-state index contributed by atoms with van der Waals surface area (Å²) in [5, 5.41) is 9.90. The first-order chi connectivity index (χ1) is 10.3. The Morgan fingerprint density at radius 3 is 2.23 bits per heavy atom. The maximum Gasteiger partial charge on any atom is 0.265 e. The number of H-pyrrole nitrogens is 1. The van der Waals surface area contributed by atoms with Crippen LogP contribution < -0.4 is 10.0 Å². The first-order valence-corrected chi connectivity index (χ1v) is 8.66. The van der Waals surface area contributed by atoms with Gasteiger partial charge in [-0.1, -0.05) is 13.8 Å². The molecule has 0 saturated heterocycles. The fourth-order valence-corrected chi connectivity index (χ4v) is 3.55. The number of nitrogens with one attached hydrogen (secondary N) is 3. The molecule has 1 aromatic carbocycles. The number of anilines is 2. The summed E-state index contributed by atoms with van der Waals surface area (Å²) in [4.78, 5) is 0.203. The summed E-state index contributed by atoms with van der Waals surface area (Å²) in [6.07, 6.45) is 0. The Kier molecular flexibility index (Phi) is 4.75. The van der Waals surface area contributed by atoms with Crippen molar-refractivity contribution in [1.82, 2.24) is 10.2 Å². The molecule has 0 saturated carbocycles. The van der Waals surface area contributed by atoms with Crippen LogP contribution >= 0.6 is 0 Å². The van der Waals surface area contributed by atoms with E-state index in [4.69, 9.17) is 0 Å². The highest BCUT2D eigenvalue weighted by atomic mass is 32.2. The lowest BCUT2D eigenvalue weighted by molar-refractivity contribution is 0.600. The van der Waals surface area contributed by atoms with E-state index in [2.05, 4.69) is 34.1 Å². The smallest absolute Gasteiger partial charge is 0.265 e. The Bertz CT molecular complexity index is 714. The van der Waals surface area contributed by atoms with Gasteiger partial charge in [0.25, 0.3) is 10.0 Å². The fourth-order valence-electron chi connectivity index (χ4n) is 2.12. The maximum absolute atomic E-state index is 12.4. The van der Waals surface area contributed by atoms with Crippen LogP contribution in [0.25, 0.3) is 0 Å². The van der Waals surface area contributed by atoms with Gasteiger partial charge >= 0.3 is 0 Å². The number of aryl methyl sites for hydroxylation is 2. The molecule has 0 bridgehead atoms. The van der Waals surface area contributed by atoms with Gasteiger partial charge in [-0.15, -0.1) is 0 Å². The molecule has 2 rings (SSSR count). The SMILES string of the molecule is Cc1n[nH]c(C)c1S(=O)(=O)Nc1ccc(NCC(C)C)cc1. The third-order valence-electron chi connectivity index (χ3n) is 3.18. The molecule has 3 N–H and O–H groups in total. The second kappa shape index (κ2) is 6.39. The van der Waals surface area contributed by atoms with Crippen LogP contribution in [-0.2, 0) is 10.0 Å². The molecule has 2 aromatic rings. The Morgan fingerprint density at radius 2 is 1.73 bits per heavy atom. The first kappa shape index (κ1) is 16.4. The van der Waals surface area contributed by atoms with E-state index in [0.29, 0.717) is 23.0 Å². The van der Waals surface area contributed by atoms with Crippen molar-refractivity contribution in [3.05, 3.63) is 35.7 Å². The molecule has 0 aliphatic rings. The van der Waals surface area contributed by atoms with E-state index in [-0.39, 0.29) is 4.90 Å². The minimum absolute atomic E-state index is 0.203. The van der Waals surface area contributed by atoms with Crippen molar-refractivity contribution in [2.24, 2.45) is 5.92 Å². The maximum atomic E-state index is 12.4. The van der Waals surface area contributed by atoms with E-state index in [1.807, 2.05) is 12.1 Å². The van der Waals surface area contributed by atoms with Gasteiger partial charge in [-0.2, -0.15) is 5.10 Å². The quantitative estimate of drug-likeness (QED) is 0.763. The van der Waals surface area contributed by atoms with Crippen molar-refractivity contribution < 1.29 is 8.42 Å². The number of aromatic amines is 1. The molecule has 0 atom stereocenters. The lowest BCUT2D eigenvalue weighted by Gasteiger charge is -2.11. The van der Waals surface area contributed by atoms with Crippen LogP contribution in [0.1, 0.15) is 25.2 Å². The molecule has 0 spiro atoms. The Balaban J connectivity index is 2.13. The Hall–Kier alpha value is -2.02. The lowest BCUT2D eigenvalue weighted by Crippen LogP contribution is -2.14. The predicted octanol–water partition coefficient (Wildman–Crippen LogP) is 2.90. The molecular formula is C15H22N4O2S. The summed E-state index contributed by atoms with van der Waals surface area (Å²) >= 11 is 0. The first-order valence-electron chi connectivity index (χ1n) is 7.18. The van der Waals surface area contributed by atoms with Crippen molar-refractivity contribution in [1.29, 1.82) is 0 Å².